The average molecular weight is 226 g/mol. The highest BCUT2D eigenvalue weighted by atomic mass is 16.3. The number of β-amino-alcohol motifs (C(OH)–C–C–N with tert-alkyl or cyclic N) is 1. The summed E-state index contributed by atoms with van der Waals surface area (Å²) in [5, 5.41) is 8.95. The van der Waals surface area contributed by atoms with Gasteiger partial charge in [-0.1, -0.05) is 0 Å². The van der Waals surface area contributed by atoms with Crippen molar-refractivity contribution < 1.29 is 9.90 Å². The predicted octanol–water partition coefficient (Wildman–Crippen LogP) is 0.454. The molecule has 1 saturated carbocycles. The van der Waals surface area contributed by atoms with Crippen LogP contribution in [0.2, 0.25) is 0 Å². The molecule has 0 radical (unpaired) electrons. The molecule has 1 aliphatic heterocycles. The van der Waals surface area contributed by atoms with Crippen molar-refractivity contribution in [2.24, 2.45) is 0 Å². The van der Waals surface area contributed by atoms with Crippen LogP contribution in [0.5, 0.6) is 0 Å². The van der Waals surface area contributed by atoms with Crippen LogP contribution in [0.25, 0.3) is 0 Å². The van der Waals surface area contributed by atoms with Gasteiger partial charge in [-0.15, -0.1) is 0 Å². The molecule has 1 amide bonds. The van der Waals surface area contributed by atoms with E-state index >= 15 is 0 Å². The maximum atomic E-state index is 11.6. The first-order valence-electron chi connectivity index (χ1n) is 6.34. The van der Waals surface area contributed by atoms with E-state index in [1.54, 1.807) is 6.92 Å². The zero-order chi connectivity index (χ0) is 11.5. The number of aliphatic hydroxyl groups excluding tert-OH is 1. The largest absolute Gasteiger partial charge is 0.395 e. The highest BCUT2D eigenvalue weighted by Crippen LogP contribution is 2.31. The predicted molar refractivity (Wildman–Crippen MR) is 62.1 cm³/mol. The van der Waals surface area contributed by atoms with E-state index in [1.807, 2.05) is 0 Å². The second-order valence-electron chi connectivity index (χ2n) is 4.98. The second-order valence-corrected chi connectivity index (χ2v) is 4.98. The molecule has 4 nitrogen and oxygen atoms in total. The fourth-order valence-electron chi connectivity index (χ4n) is 2.77. The number of amides is 1. The summed E-state index contributed by atoms with van der Waals surface area (Å²) >= 11 is 0. The minimum Gasteiger partial charge on any atom is -0.395 e. The molecule has 2 rings (SSSR count). The number of hydrogen-bond acceptors (Lipinski definition) is 3. The lowest BCUT2D eigenvalue weighted by atomic mass is 10.0. The standard InChI is InChI=1S/C12H22N2O2/c1-10(16)14(11-4-5-11)12-3-2-6-13(9-12)7-8-15/h11-12,15H,2-9H2,1H3/t12-/m0/s1. The van der Waals surface area contributed by atoms with Crippen LogP contribution in [-0.4, -0.2) is 59.1 Å². The summed E-state index contributed by atoms with van der Waals surface area (Å²) in [7, 11) is 0. The van der Waals surface area contributed by atoms with E-state index in [9.17, 15) is 4.79 Å². The summed E-state index contributed by atoms with van der Waals surface area (Å²) in [5.41, 5.74) is 0. The van der Waals surface area contributed by atoms with Gasteiger partial charge in [-0.3, -0.25) is 9.69 Å². The van der Waals surface area contributed by atoms with Crippen molar-refractivity contribution in [3.05, 3.63) is 0 Å². The summed E-state index contributed by atoms with van der Waals surface area (Å²) in [4.78, 5) is 16.0. The fraction of sp³-hybridized carbons (Fsp3) is 0.917. The molecule has 0 aromatic rings. The van der Waals surface area contributed by atoms with E-state index in [2.05, 4.69) is 9.80 Å². The average Bonchev–Trinajstić information content (AvgIpc) is 3.03. The molecule has 2 aliphatic rings. The zero-order valence-corrected chi connectivity index (χ0v) is 10.1. The number of aliphatic hydroxyl groups is 1. The Morgan fingerprint density at radius 1 is 1.38 bits per heavy atom. The Hall–Kier alpha value is -0.610. The van der Waals surface area contributed by atoms with Crippen molar-refractivity contribution in [3.8, 4) is 0 Å². The molecule has 1 aliphatic carbocycles. The molecule has 4 heteroatoms. The van der Waals surface area contributed by atoms with Gasteiger partial charge in [0.05, 0.1) is 6.61 Å². The van der Waals surface area contributed by atoms with Crippen LogP contribution in [0.3, 0.4) is 0 Å². The molecule has 0 aromatic carbocycles. The van der Waals surface area contributed by atoms with E-state index in [-0.39, 0.29) is 12.5 Å². The van der Waals surface area contributed by atoms with Crippen molar-refractivity contribution in [2.75, 3.05) is 26.2 Å². The van der Waals surface area contributed by atoms with Crippen molar-refractivity contribution in [2.45, 2.75) is 44.7 Å². The first-order chi connectivity index (χ1) is 7.72. The third kappa shape index (κ3) is 2.74. The minimum atomic E-state index is 0.218. The molecule has 2 fully saturated rings. The molecule has 1 N–H and O–H groups in total. The van der Waals surface area contributed by atoms with Crippen LogP contribution in [-0.2, 0) is 4.79 Å². The SMILES string of the molecule is CC(=O)N(C1CC1)[C@H]1CCCN(CCO)C1. The molecule has 0 aromatic heterocycles. The summed E-state index contributed by atoms with van der Waals surface area (Å²) in [6.07, 6.45) is 4.62. The van der Waals surface area contributed by atoms with E-state index in [0.29, 0.717) is 12.1 Å². The van der Waals surface area contributed by atoms with Gasteiger partial charge in [-0.2, -0.15) is 0 Å². The molecule has 0 spiro atoms. The van der Waals surface area contributed by atoms with Gasteiger partial charge in [-0.05, 0) is 32.2 Å². The van der Waals surface area contributed by atoms with Crippen molar-refractivity contribution >= 4 is 5.91 Å². The van der Waals surface area contributed by atoms with Crippen LogP contribution in [0.4, 0.5) is 0 Å². The molecule has 0 bridgehead atoms. The lowest BCUT2D eigenvalue weighted by Crippen LogP contribution is -2.51. The maximum Gasteiger partial charge on any atom is 0.219 e. The Labute approximate surface area is 97.2 Å². The Kier molecular flexibility index (Phi) is 3.82. The van der Waals surface area contributed by atoms with E-state index < -0.39 is 0 Å². The third-order valence-electron chi connectivity index (χ3n) is 3.59. The van der Waals surface area contributed by atoms with Crippen LogP contribution in [0.15, 0.2) is 0 Å². The fourth-order valence-corrected chi connectivity index (χ4v) is 2.77. The highest BCUT2D eigenvalue weighted by Gasteiger charge is 2.37. The number of piperidine rings is 1. The summed E-state index contributed by atoms with van der Waals surface area (Å²) < 4.78 is 0. The lowest BCUT2D eigenvalue weighted by molar-refractivity contribution is -0.133. The van der Waals surface area contributed by atoms with Gasteiger partial charge in [0, 0.05) is 32.1 Å². The van der Waals surface area contributed by atoms with Crippen molar-refractivity contribution in [3.63, 3.8) is 0 Å². The van der Waals surface area contributed by atoms with Gasteiger partial charge in [-0.25, -0.2) is 0 Å². The molecule has 92 valence electrons. The van der Waals surface area contributed by atoms with Crippen LogP contribution in [0.1, 0.15) is 32.6 Å². The summed E-state index contributed by atoms with van der Waals surface area (Å²) in [6, 6.07) is 0.891. The molecule has 0 unspecified atom stereocenters. The minimum absolute atomic E-state index is 0.218. The molecule has 1 saturated heterocycles. The highest BCUT2D eigenvalue weighted by molar-refractivity contribution is 5.74. The van der Waals surface area contributed by atoms with Crippen molar-refractivity contribution in [1.29, 1.82) is 0 Å². The van der Waals surface area contributed by atoms with Crippen LogP contribution in [0, 0.1) is 0 Å². The number of rotatable bonds is 4. The van der Waals surface area contributed by atoms with E-state index in [0.717, 1.165) is 32.5 Å². The van der Waals surface area contributed by atoms with Crippen LogP contribution < -0.4 is 0 Å². The normalized spacial score (nSPS) is 26.8. The van der Waals surface area contributed by atoms with Crippen molar-refractivity contribution in [1.82, 2.24) is 9.80 Å². The number of carbonyl (C=O) groups excluding carboxylic acids is 1. The molecular weight excluding hydrogens is 204 g/mol. The van der Waals surface area contributed by atoms with Crippen LogP contribution >= 0.6 is 0 Å². The second kappa shape index (κ2) is 5.15. The number of nitrogens with zero attached hydrogens (tertiary/aromatic N) is 2. The van der Waals surface area contributed by atoms with Gasteiger partial charge in [0.15, 0.2) is 0 Å². The Morgan fingerprint density at radius 2 is 2.12 bits per heavy atom. The lowest BCUT2D eigenvalue weighted by Gasteiger charge is -2.39. The zero-order valence-electron chi connectivity index (χ0n) is 10.1. The van der Waals surface area contributed by atoms with E-state index in [1.165, 1.54) is 12.8 Å². The van der Waals surface area contributed by atoms with Gasteiger partial charge in [0.25, 0.3) is 0 Å². The topological polar surface area (TPSA) is 43.8 Å². The maximum absolute atomic E-state index is 11.6. The molecule has 1 heterocycles. The van der Waals surface area contributed by atoms with E-state index in [4.69, 9.17) is 5.11 Å². The summed E-state index contributed by atoms with van der Waals surface area (Å²) in [6.45, 7) is 4.65. The quantitative estimate of drug-likeness (QED) is 0.757. The Bertz CT molecular complexity index is 251. The van der Waals surface area contributed by atoms with Gasteiger partial charge >= 0.3 is 0 Å². The number of likely N-dealkylation sites (tertiary alicyclic amines) is 1. The Balaban J connectivity index is 1.93. The Morgan fingerprint density at radius 3 is 2.69 bits per heavy atom. The molecule has 1 atom stereocenters. The smallest absolute Gasteiger partial charge is 0.219 e. The first-order valence-corrected chi connectivity index (χ1v) is 6.34. The first kappa shape index (κ1) is 11.9. The van der Waals surface area contributed by atoms with Gasteiger partial charge in [0.2, 0.25) is 5.91 Å². The van der Waals surface area contributed by atoms with Gasteiger partial charge in [0.1, 0.15) is 0 Å². The monoisotopic (exact) mass is 226 g/mol. The van der Waals surface area contributed by atoms with Gasteiger partial charge < -0.3 is 10.0 Å². The number of carbonyl (C=O) groups is 1. The summed E-state index contributed by atoms with van der Waals surface area (Å²) in [5.74, 6) is 0.221. The molecular formula is C12H22N2O2. The number of hydrogen-bond donors (Lipinski definition) is 1. The molecule has 16 heavy (non-hydrogen) atoms. The third-order valence-corrected chi connectivity index (χ3v) is 3.59.